The first-order valence-electron chi connectivity index (χ1n) is 6.59. The summed E-state index contributed by atoms with van der Waals surface area (Å²) in [6, 6.07) is 8.51. The molecule has 2 nitrogen and oxygen atoms in total. The number of ether oxygens (including phenoxy) is 1. The molecular formula is C15H25NO. The standard InChI is InChI=1S/C15H25NO/c1-4-9-16-10-14-7-5-6-8-15(14)12-17-11-13(2)3/h5-8,13,16H,4,9-12H2,1-3H3. The van der Waals surface area contributed by atoms with Crippen LogP contribution in [0.4, 0.5) is 0 Å². The summed E-state index contributed by atoms with van der Waals surface area (Å²) in [6.45, 7) is 10.1. The number of rotatable bonds is 8. The van der Waals surface area contributed by atoms with Crippen molar-refractivity contribution in [1.82, 2.24) is 5.32 Å². The number of nitrogens with one attached hydrogen (secondary N) is 1. The van der Waals surface area contributed by atoms with Gasteiger partial charge in [-0.15, -0.1) is 0 Å². The van der Waals surface area contributed by atoms with Gasteiger partial charge in [0.05, 0.1) is 6.61 Å². The normalized spacial score (nSPS) is 11.1. The van der Waals surface area contributed by atoms with Gasteiger partial charge in [-0.25, -0.2) is 0 Å². The van der Waals surface area contributed by atoms with Crippen LogP contribution in [0.3, 0.4) is 0 Å². The predicted molar refractivity (Wildman–Crippen MR) is 72.9 cm³/mol. The van der Waals surface area contributed by atoms with E-state index in [4.69, 9.17) is 4.74 Å². The highest BCUT2D eigenvalue weighted by Crippen LogP contribution is 2.10. The molecule has 1 aromatic carbocycles. The van der Waals surface area contributed by atoms with Crippen LogP contribution in [0, 0.1) is 5.92 Å². The molecule has 1 rings (SSSR count). The lowest BCUT2D eigenvalue weighted by molar-refractivity contribution is 0.0965. The van der Waals surface area contributed by atoms with E-state index < -0.39 is 0 Å². The lowest BCUT2D eigenvalue weighted by atomic mass is 10.1. The largest absolute Gasteiger partial charge is 0.376 e. The van der Waals surface area contributed by atoms with E-state index in [1.165, 1.54) is 17.5 Å². The molecule has 0 heterocycles. The minimum atomic E-state index is 0.598. The third-order valence-corrected chi connectivity index (χ3v) is 2.57. The predicted octanol–water partition coefficient (Wildman–Crippen LogP) is 3.36. The van der Waals surface area contributed by atoms with Crippen molar-refractivity contribution >= 4 is 0 Å². The summed E-state index contributed by atoms with van der Waals surface area (Å²) in [5.41, 5.74) is 2.65. The first-order valence-corrected chi connectivity index (χ1v) is 6.59. The molecule has 1 aromatic rings. The van der Waals surface area contributed by atoms with Gasteiger partial charge in [0.25, 0.3) is 0 Å². The van der Waals surface area contributed by atoms with E-state index >= 15 is 0 Å². The molecule has 0 amide bonds. The van der Waals surface area contributed by atoms with Crippen LogP contribution in [0.2, 0.25) is 0 Å². The molecule has 0 unspecified atom stereocenters. The summed E-state index contributed by atoms with van der Waals surface area (Å²) < 4.78 is 5.70. The van der Waals surface area contributed by atoms with Crippen LogP contribution in [0.1, 0.15) is 38.3 Å². The summed E-state index contributed by atoms with van der Waals surface area (Å²) in [5, 5.41) is 3.44. The molecule has 0 radical (unpaired) electrons. The van der Waals surface area contributed by atoms with Crippen LogP contribution in [-0.2, 0) is 17.9 Å². The third-order valence-electron chi connectivity index (χ3n) is 2.57. The number of hydrogen-bond acceptors (Lipinski definition) is 2. The van der Waals surface area contributed by atoms with Gasteiger partial charge in [0.1, 0.15) is 0 Å². The number of hydrogen-bond donors (Lipinski definition) is 1. The van der Waals surface area contributed by atoms with E-state index in [0.717, 1.165) is 26.3 Å². The van der Waals surface area contributed by atoms with Gasteiger partial charge in [0, 0.05) is 13.2 Å². The fraction of sp³-hybridized carbons (Fsp3) is 0.600. The van der Waals surface area contributed by atoms with E-state index in [-0.39, 0.29) is 0 Å². The molecule has 0 saturated carbocycles. The SMILES string of the molecule is CCCNCc1ccccc1COCC(C)C. The maximum atomic E-state index is 5.70. The van der Waals surface area contributed by atoms with Crippen LogP contribution in [0.5, 0.6) is 0 Å². The Morgan fingerprint density at radius 2 is 1.88 bits per heavy atom. The molecule has 0 atom stereocenters. The van der Waals surface area contributed by atoms with Gasteiger partial charge in [0.2, 0.25) is 0 Å². The van der Waals surface area contributed by atoms with E-state index in [1.807, 2.05) is 0 Å². The topological polar surface area (TPSA) is 21.3 Å². The van der Waals surface area contributed by atoms with E-state index in [1.54, 1.807) is 0 Å². The Bertz CT molecular complexity index is 310. The van der Waals surface area contributed by atoms with Gasteiger partial charge in [0.15, 0.2) is 0 Å². The third kappa shape index (κ3) is 5.85. The zero-order valence-electron chi connectivity index (χ0n) is 11.3. The second kappa shape index (κ2) is 8.26. The smallest absolute Gasteiger partial charge is 0.0720 e. The highest BCUT2D eigenvalue weighted by molar-refractivity contribution is 5.26. The molecule has 17 heavy (non-hydrogen) atoms. The summed E-state index contributed by atoms with van der Waals surface area (Å²) in [5.74, 6) is 0.598. The van der Waals surface area contributed by atoms with Crippen molar-refractivity contribution in [2.24, 2.45) is 5.92 Å². The van der Waals surface area contributed by atoms with Crippen LogP contribution < -0.4 is 5.32 Å². The minimum absolute atomic E-state index is 0.598. The Balaban J connectivity index is 2.46. The highest BCUT2D eigenvalue weighted by atomic mass is 16.5. The molecule has 0 aliphatic carbocycles. The quantitative estimate of drug-likeness (QED) is 0.698. The molecule has 0 saturated heterocycles. The van der Waals surface area contributed by atoms with Crippen molar-refractivity contribution in [3.8, 4) is 0 Å². The summed E-state index contributed by atoms with van der Waals surface area (Å²) >= 11 is 0. The summed E-state index contributed by atoms with van der Waals surface area (Å²) in [4.78, 5) is 0. The van der Waals surface area contributed by atoms with E-state index in [2.05, 4.69) is 50.4 Å². The van der Waals surface area contributed by atoms with Crippen molar-refractivity contribution in [3.63, 3.8) is 0 Å². The maximum Gasteiger partial charge on any atom is 0.0720 e. The fourth-order valence-corrected chi connectivity index (χ4v) is 1.68. The maximum absolute atomic E-state index is 5.70. The second-order valence-electron chi connectivity index (χ2n) is 4.85. The lowest BCUT2D eigenvalue weighted by Gasteiger charge is -2.12. The average Bonchev–Trinajstić information content (AvgIpc) is 2.31. The number of benzene rings is 1. The Hall–Kier alpha value is -0.860. The van der Waals surface area contributed by atoms with Crippen LogP contribution >= 0.6 is 0 Å². The Morgan fingerprint density at radius 3 is 2.53 bits per heavy atom. The second-order valence-corrected chi connectivity index (χ2v) is 4.85. The summed E-state index contributed by atoms with van der Waals surface area (Å²) in [6.07, 6.45) is 1.17. The zero-order chi connectivity index (χ0) is 12.5. The molecule has 0 bridgehead atoms. The Labute approximate surface area is 105 Å². The molecule has 1 N–H and O–H groups in total. The Morgan fingerprint density at radius 1 is 1.18 bits per heavy atom. The monoisotopic (exact) mass is 235 g/mol. The van der Waals surface area contributed by atoms with Gasteiger partial charge in [-0.3, -0.25) is 0 Å². The molecule has 0 aliphatic rings. The van der Waals surface area contributed by atoms with Crippen molar-refractivity contribution in [2.45, 2.75) is 40.3 Å². The lowest BCUT2D eigenvalue weighted by Crippen LogP contribution is -2.15. The van der Waals surface area contributed by atoms with Gasteiger partial charge in [-0.05, 0) is 30.0 Å². The van der Waals surface area contributed by atoms with Crippen molar-refractivity contribution < 1.29 is 4.74 Å². The first kappa shape index (κ1) is 14.2. The first-order chi connectivity index (χ1) is 8.24. The molecule has 2 heteroatoms. The van der Waals surface area contributed by atoms with Gasteiger partial charge in [-0.1, -0.05) is 45.0 Å². The Kier molecular flexibility index (Phi) is 6.90. The highest BCUT2D eigenvalue weighted by Gasteiger charge is 2.02. The molecule has 96 valence electrons. The van der Waals surface area contributed by atoms with Crippen LogP contribution in [0.15, 0.2) is 24.3 Å². The van der Waals surface area contributed by atoms with Crippen molar-refractivity contribution in [1.29, 1.82) is 0 Å². The van der Waals surface area contributed by atoms with E-state index in [9.17, 15) is 0 Å². The minimum Gasteiger partial charge on any atom is -0.376 e. The van der Waals surface area contributed by atoms with Gasteiger partial charge in [-0.2, -0.15) is 0 Å². The summed E-state index contributed by atoms with van der Waals surface area (Å²) in [7, 11) is 0. The van der Waals surface area contributed by atoms with Gasteiger partial charge >= 0.3 is 0 Å². The average molecular weight is 235 g/mol. The molecule has 0 fully saturated rings. The van der Waals surface area contributed by atoms with Crippen molar-refractivity contribution in [2.75, 3.05) is 13.2 Å². The van der Waals surface area contributed by atoms with Crippen LogP contribution in [-0.4, -0.2) is 13.2 Å². The molecule has 0 aromatic heterocycles. The molecular weight excluding hydrogens is 210 g/mol. The van der Waals surface area contributed by atoms with E-state index in [0.29, 0.717) is 5.92 Å². The fourth-order valence-electron chi connectivity index (χ4n) is 1.68. The molecule has 0 aliphatic heterocycles. The van der Waals surface area contributed by atoms with Crippen LogP contribution in [0.25, 0.3) is 0 Å². The molecule has 0 spiro atoms. The van der Waals surface area contributed by atoms with Gasteiger partial charge < -0.3 is 10.1 Å². The van der Waals surface area contributed by atoms with Crippen molar-refractivity contribution in [3.05, 3.63) is 35.4 Å². The zero-order valence-corrected chi connectivity index (χ0v) is 11.3.